The number of para-hydroxylation sites is 2. The highest BCUT2D eigenvalue weighted by molar-refractivity contribution is 6.11. The van der Waals surface area contributed by atoms with Crippen molar-refractivity contribution in [1.82, 2.24) is 4.57 Å². The molecule has 1 aromatic heterocycles. The molecule has 13 rings (SSSR count). The van der Waals surface area contributed by atoms with Crippen LogP contribution in [0.3, 0.4) is 0 Å². The van der Waals surface area contributed by atoms with Gasteiger partial charge in [0.2, 0.25) is 0 Å². The Morgan fingerprint density at radius 2 is 0.868 bits per heavy atom. The van der Waals surface area contributed by atoms with Gasteiger partial charge in [0.25, 0.3) is 0 Å². The number of fused-ring (bicyclic) bond motifs is 9. The molecular formula is C66H50N2. The lowest BCUT2D eigenvalue weighted by molar-refractivity contribution is 0.656. The van der Waals surface area contributed by atoms with Crippen LogP contribution in [0.1, 0.15) is 49.9 Å². The van der Waals surface area contributed by atoms with Crippen LogP contribution >= 0.6 is 0 Å². The molecule has 2 heteroatoms. The van der Waals surface area contributed by atoms with Crippen LogP contribution in [0, 0.1) is 0 Å². The van der Waals surface area contributed by atoms with Crippen molar-refractivity contribution in [1.29, 1.82) is 0 Å². The highest BCUT2D eigenvalue weighted by Gasteiger charge is 2.38. The van der Waals surface area contributed by atoms with Crippen molar-refractivity contribution in [3.63, 3.8) is 0 Å². The van der Waals surface area contributed by atoms with Crippen LogP contribution in [0.25, 0.3) is 83.1 Å². The zero-order valence-electron chi connectivity index (χ0n) is 38.8. The van der Waals surface area contributed by atoms with E-state index in [4.69, 9.17) is 0 Å². The van der Waals surface area contributed by atoms with Gasteiger partial charge in [-0.05, 0) is 127 Å². The summed E-state index contributed by atoms with van der Waals surface area (Å²) in [6.45, 7) is 9.47. The summed E-state index contributed by atoms with van der Waals surface area (Å²) in [7, 11) is 0. The summed E-state index contributed by atoms with van der Waals surface area (Å²) in [6.07, 6.45) is 0. The zero-order chi connectivity index (χ0) is 45.7. The minimum Gasteiger partial charge on any atom is -0.310 e. The topological polar surface area (TPSA) is 8.17 Å². The number of anilines is 3. The Balaban J connectivity index is 0.957. The maximum absolute atomic E-state index is 2.52. The maximum atomic E-state index is 2.52. The second kappa shape index (κ2) is 15.2. The van der Waals surface area contributed by atoms with Gasteiger partial charge < -0.3 is 9.47 Å². The third-order valence-corrected chi connectivity index (χ3v) is 15.2. The Morgan fingerprint density at radius 3 is 1.68 bits per heavy atom. The molecule has 324 valence electrons. The first-order valence-corrected chi connectivity index (χ1v) is 23.9. The molecule has 2 nitrogen and oxygen atoms in total. The van der Waals surface area contributed by atoms with Crippen molar-refractivity contribution in [2.45, 2.75) is 38.5 Å². The van der Waals surface area contributed by atoms with Gasteiger partial charge >= 0.3 is 0 Å². The first kappa shape index (κ1) is 40.1. The smallest absolute Gasteiger partial charge is 0.0547 e. The molecule has 10 aromatic carbocycles. The molecular weight excluding hydrogens is 821 g/mol. The predicted octanol–water partition coefficient (Wildman–Crippen LogP) is 17.9. The van der Waals surface area contributed by atoms with Gasteiger partial charge in [-0.25, -0.2) is 0 Å². The van der Waals surface area contributed by atoms with Crippen LogP contribution in [0.2, 0.25) is 0 Å². The molecule has 0 saturated heterocycles. The lowest BCUT2D eigenvalue weighted by atomic mass is 9.81. The molecule has 0 N–H and O–H groups in total. The van der Waals surface area contributed by atoms with Gasteiger partial charge in [0.1, 0.15) is 0 Å². The van der Waals surface area contributed by atoms with Crippen molar-refractivity contribution in [3.8, 4) is 61.3 Å². The van der Waals surface area contributed by atoms with Crippen molar-refractivity contribution >= 4 is 38.9 Å². The Labute approximate surface area is 399 Å². The summed E-state index contributed by atoms with van der Waals surface area (Å²) in [5, 5.41) is 2.52. The predicted molar refractivity (Wildman–Crippen MR) is 287 cm³/mol. The quantitative estimate of drug-likeness (QED) is 0.155. The SMILES string of the molecule is CC1(C)c2ccccc2-c2cc(N(c3ccc(-c4ccccc4)cc3)c3ccccc3-c3cccc(-c4ccc5c6ccccc6n(-c6cccc7c6C(C)(C)c6ccccc6-7)c5c4)c3)ccc21. The number of benzene rings is 10. The second-order valence-corrected chi connectivity index (χ2v) is 19.7. The standard InChI is InChI=1S/C66H50N2/c1-65(2)57-27-12-9-24-52(57)56-42-49(37-39-59(56)65)67(48-35-32-44(33-36-48)43-18-6-5-7-19-43)60-29-14-10-22-50(60)47-21-16-20-45(40-47)46-34-38-54-53-25-11-15-30-61(53)68(63(54)41-46)62-31-17-26-55-51-23-8-13-28-58(51)66(3,4)64(55)62/h5-42H,1-4H3. The van der Waals surface area contributed by atoms with Crippen LogP contribution in [0.15, 0.2) is 231 Å². The van der Waals surface area contributed by atoms with Crippen LogP contribution in [-0.4, -0.2) is 4.57 Å². The van der Waals surface area contributed by atoms with Crippen LogP contribution < -0.4 is 4.90 Å². The average molecular weight is 871 g/mol. The molecule has 0 aliphatic heterocycles. The second-order valence-electron chi connectivity index (χ2n) is 19.7. The Bertz CT molecular complexity index is 3790. The maximum Gasteiger partial charge on any atom is 0.0547 e. The summed E-state index contributed by atoms with van der Waals surface area (Å²) in [4.78, 5) is 2.45. The lowest BCUT2D eigenvalue weighted by Crippen LogP contribution is -2.18. The third-order valence-electron chi connectivity index (χ3n) is 15.2. The third kappa shape index (κ3) is 6.03. The number of rotatable bonds is 7. The first-order valence-electron chi connectivity index (χ1n) is 23.9. The number of aromatic nitrogens is 1. The van der Waals surface area contributed by atoms with E-state index < -0.39 is 0 Å². The van der Waals surface area contributed by atoms with Gasteiger partial charge in [-0.15, -0.1) is 0 Å². The fraction of sp³-hybridized carbons (Fsp3) is 0.0909. The normalized spacial score (nSPS) is 13.8. The molecule has 0 spiro atoms. The van der Waals surface area contributed by atoms with E-state index in [1.807, 2.05) is 0 Å². The number of hydrogen-bond acceptors (Lipinski definition) is 1. The van der Waals surface area contributed by atoms with E-state index in [9.17, 15) is 0 Å². The van der Waals surface area contributed by atoms with Crippen LogP contribution in [0.4, 0.5) is 17.1 Å². The summed E-state index contributed by atoms with van der Waals surface area (Å²) in [5.41, 5.74) is 24.7. The molecule has 0 saturated carbocycles. The summed E-state index contributed by atoms with van der Waals surface area (Å²) in [5.74, 6) is 0. The van der Waals surface area contributed by atoms with E-state index in [2.05, 4.69) is 268 Å². The van der Waals surface area contributed by atoms with Crippen molar-refractivity contribution < 1.29 is 0 Å². The molecule has 1 heterocycles. The molecule has 0 atom stereocenters. The molecule has 0 unspecified atom stereocenters. The van der Waals surface area contributed by atoms with Crippen molar-refractivity contribution in [3.05, 3.63) is 253 Å². The molecule has 68 heavy (non-hydrogen) atoms. The number of nitrogens with zero attached hydrogens (tertiary/aromatic N) is 2. The minimum atomic E-state index is -0.155. The average Bonchev–Trinajstić information content (AvgIpc) is 3.93. The highest BCUT2D eigenvalue weighted by atomic mass is 15.1. The van der Waals surface area contributed by atoms with Gasteiger partial charge in [0.05, 0.1) is 22.4 Å². The van der Waals surface area contributed by atoms with Crippen molar-refractivity contribution in [2.24, 2.45) is 0 Å². The first-order chi connectivity index (χ1) is 33.3. The molecule has 0 amide bonds. The van der Waals surface area contributed by atoms with Gasteiger partial charge in [-0.1, -0.05) is 204 Å². The zero-order valence-corrected chi connectivity index (χ0v) is 38.8. The van der Waals surface area contributed by atoms with E-state index in [1.165, 1.54) is 99.8 Å². The lowest BCUT2D eigenvalue weighted by Gasteiger charge is -2.29. The molecule has 2 aliphatic rings. The summed E-state index contributed by atoms with van der Waals surface area (Å²) >= 11 is 0. The van der Waals surface area contributed by atoms with Gasteiger partial charge in [-0.2, -0.15) is 0 Å². The summed E-state index contributed by atoms with van der Waals surface area (Å²) in [6, 6.07) is 85.5. The van der Waals surface area contributed by atoms with Gasteiger partial charge in [0.15, 0.2) is 0 Å². The van der Waals surface area contributed by atoms with Gasteiger partial charge in [-0.3, -0.25) is 0 Å². The van der Waals surface area contributed by atoms with E-state index in [0.29, 0.717) is 0 Å². The van der Waals surface area contributed by atoms with Gasteiger partial charge in [0, 0.05) is 38.5 Å². The van der Waals surface area contributed by atoms with E-state index in [0.717, 1.165) is 22.6 Å². The molecule has 11 aromatic rings. The van der Waals surface area contributed by atoms with E-state index in [1.54, 1.807) is 0 Å². The molecule has 2 aliphatic carbocycles. The van der Waals surface area contributed by atoms with Crippen LogP contribution in [-0.2, 0) is 10.8 Å². The highest BCUT2D eigenvalue weighted by Crippen LogP contribution is 2.53. The largest absolute Gasteiger partial charge is 0.310 e. The molecule has 0 radical (unpaired) electrons. The fourth-order valence-electron chi connectivity index (χ4n) is 11.9. The summed E-state index contributed by atoms with van der Waals surface area (Å²) < 4.78 is 2.52. The van der Waals surface area contributed by atoms with Crippen LogP contribution in [0.5, 0.6) is 0 Å². The monoisotopic (exact) mass is 870 g/mol. The van der Waals surface area contributed by atoms with E-state index >= 15 is 0 Å². The molecule has 0 bridgehead atoms. The Hall–Kier alpha value is -8.20. The minimum absolute atomic E-state index is 0.0775. The van der Waals surface area contributed by atoms with Crippen molar-refractivity contribution in [2.75, 3.05) is 4.90 Å². The number of hydrogen-bond donors (Lipinski definition) is 0. The van der Waals surface area contributed by atoms with E-state index in [-0.39, 0.29) is 10.8 Å². The fourth-order valence-corrected chi connectivity index (χ4v) is 11.9. The Kier molecular flexibility index (Phi) is 8.95. The Morgan fingerprint density at radius 1 is 0.324 bits per heavy atom. The molecule has 0 fully saturated rings.